The molecule has 96 valence electrons. The van der Waals surface area contributed by atoms with Crippen molar-refractivity contribution in [2.24, 2.45) is 11.8 Å². The van der Waals surface area contributed by atoms with E-state index in [-0.39, 0.29) is 31.1 Å². The molecule has 1 fully saturated rings. The SMILES string of the molecule is Nc1ncnc2c1ncn2[C@H]1C[C@@H](CO)[C@@H]1CO. The van der Waals surface area contributed by atoms with Gasteiger partial charge in [-0.3, -0.25) is 0 Å². The lowest BCUT2D eigenvalue weighted by molar-refractivity contribution is -0.00529. The van der Waals surface area contributed by atoms with E-state index in [4.69, 9.17) is 5.73 Å². The molecule has 1 aliphatic carbocycles. The van der Waals surface area contributed by atoms with Crippen LogP contribution in [-0.4, -0.2) is 42.9 Å². The Morgan fingerprint density at radius 2 is 2.11 bits per heavy atom. The minimum Gasteiger partial charge on any atom is -0.396 e. The van der Waals surface area contributed by atoms with Gasteiger partial charge in [-0.1, -0.05) is 0 Å². The summed E-state index contributed by atoms with van der Waals surface area (Å²) in [5.74, 6) is 0.553. The normalized spacial score (nSPS) is 27.3. The highest BCUT2D eigenvalue weighted by atomic mass is 16.3. The first kappa shape index (κ1) is 11.4. The molecular formula is C11H15N5O2. The summed E-state index contributed by atoms with van der Waals surface area (Å²) in [5.41, 5.74) is 7.00. The Labute approximate surface area is 103 Å². The van der Waals surface area contributed by atoms with Crippen LogP contribution in [0.3, 0.4) is 0 Å². The Morgan fingerprint density at radius 3 is 2.83 bits per heavy atom. The van der Waals surface area contributed by atoms with E-state index in [1.54, 1.807) is 6.33 Å². The third-order valence-electron chi connectivity index (χ3n) is 3.83. The van der Waals surface area contributed by atoms with Gasteiger partial charge in [-0.2, -0.15) is 0 Å². The van der Waals surface area contributed by atoms with Crippen LogP contribution in [0.4, 0.5) is 5.82 Å². The van der Waals surface area contributed by atoms with Crippen molar-refractivity contribution in [3.05, 3.63) is 12.7 Å². The molecule has 0 aliphatic heterocycles. The standard InChI is InChI=1S/C11H15N5O2/c12-10-9-11(14-4-13-10)16(5-15-9)8-1-6(2-17)7(8)3-18/h4-8,17-18H,1-3H2,(H2,12,13,14)/t6-,7-,8-/m0/s1. The first-order chi connectivity index (χ1) is 8.76. The highest BCUT2D eigenvalue weighted by molar-refractivity contribution is 5.81. The van der Waals surface area contributed by atoms with E-state index < -0.39 is 0 Å². The van der Waals surface area contributed by atoms with Gasteiger partial charge >= 0.3 is 0 Å². The molecular weight excluding hydrogens is 234 g/mol. The number of aromatic nitrogens is 4. The lowest BCUT2D eigenvalue weighted by atomic mass is 9.70. The minimum atomic E-state index is 0.0450. The number of aliphatic hydroxyl groups is 2. The molecule has 3 atom stereocenters. The fourth-order valence-electron chi connectivity index (χ4n) is 2.69. The minimum absolute atomic E-state index is 0.0450. The number of anilines is 1. The van der Waals surface area contributed by atoms with Crippen LogP contribution in [0.1, 0.15) is 12.5 Å². The summed E-state index contributed by atoms with van der Waals surface area (Å²) in [6, 6.07) is 0.117. The lowest BCUT2D eigenvalue weighted by Crippen LogP contribution is -2.42. The van der Waals surface area contributed by atoms with Gasteiger partial charge in [0.25, 0.3) is 0 Å². The molecule has 0 aromatic carbocycles. The van der Waals surface area contributed by atoms with Crippen molar-refractivity contribution >= 4 is 17.0 Å². The largest absolute Gasteiger partial charge is 0.396 e. The number of nitrogens with two attached hydrogens (primary N) is 1. The summed E-state index contributed by atoms with van der Waals surface area (Å²) >= 11 is 0. The van der Waals surface area contributed by atoms with Gasteiger partial charge in [-0.15, -0.1) is 0 Å². The second-order valence-electron chi connectivity index (χ2n) is 4.68. The van der Waals surface area contributed by atoms with Gasteiger partial charge in [0, 0.05) is 25.2 Å². The van der Waals surface area contributed by atoms with Crippen LogP contribution in [0.2, 0.25) is 0 Å². The second-order valence-corrected chi connectivity index (χ2v) is 4.68. The molecule has 1 saturated carbocycles. The first-order valence-corrected chi connectivity index (χ1v) is 5.91. The highest BCUT2D eigenvalue weighted by Gasteiger charge is 2.41. The molecule has 0 saturated heterocycles. The number of nitrogen functional groups attached to an aromatic ring is 1. The molecule has 1 aliphatic rings. The predicted octanol–water partition coefficient (Wildman–Crippen LogP) is -0.430. The summed E-state index contributed by atoms with van der Waals surface area (Å²) in [6.45, 7) is 0.154. The van der Waals surface area contributed by atoms with Crippen molar-refractivity contribution in [1.29, 1.82) is 0 Å². The van der Waals surface area contributed by atoms with E-state index in [1.807, 2.05) is 4.57 Å². The van der Waals surface area contributed by atoms with E-state index in [9.17, 15) is 10.2 Å². The average molecular weight is 249 g/mol. The first-order valence-electron chi connectivity index (χ1n) is 5.91. The summed E-state index contributed by atoms with van der Waals surface area (Å²) in [5, 5.41) is 18.6. The Morgan fingerprint density at radius 1 is 1.28 bits per heavy atom. The van der Waals surface area contributed by atoms with Gasteiger partial charge in [-0.05, 0) is 12.3 Å². The number of aliphatic hydroxyl groups excluding tert-OH is 2. The van der Waals surface area contributed by atoms with Crippen LogP contribution in [0.25, 0.3) is 11.2 Å². The van der Waals surface area contributed by atoms with Gasteiger partial charge in [0.15, 0.2) is 11.5 Å². The van der Waals surface area contributed by atoms with E-state index in [0.29, 0.717) is 17.0 Å². The molecule has 0 spiro atoms. The third-order valence-corrected chi connectivity index (χ3v) is 3.83. The number of rotatable bonds is 3. The van der Waals surface area contributed by atoms with Crippen LogP contribution < -0.4 is 5.73 Å². The van der Waals surface area contributed by atoms with Gasteiger partial charge in [-0.25, -0.2) is 15.0 Å². The van der Waals surface area contributed by atoms with Crippen molar-refractivity contribution in [3.63, 3.8) is 0 Å². The number of imidazole rings is 1. The zero-order chi connectivity index (χ0) is 12.7. The smallest absolute Gasteiger partial charge is 0.165 e. The van der Waals surface area contributed by atoms with Gasteiger partial charge < -0.3 is 20.5 Å². The Bertz CT molecular complexity index is 570. The average Bonchev–Trinajstić information content (AvgIpc) is 2.75. The van der Waals surface area contributed by atoms with Crippen LogP contribution >= 0.6 is 0 Å². The summed E-state index contributed by atoms with van der Waals surface area (Å²) < 4.78 is 1.92. The van der Waals surface area contributed by atoms with Crippen molar-refractivity contribution in [3.8, 4) is 0 Å². The predicted molar refractivity (Wildman–Crippen MR) is 64.5 cm³/mol. The summed E-state index contributed by atoms with van der Waals surface area (Å²) in [7, 11) is 0. The number of hydrogen-bond donors (Lipinski definition) is 3. The molecule has 3 rings (SSSR count). The maximum absolute atomic E-state index is 9.38. The fourth-order valence-corrected chi connectivity index (χ4v) is 2.69. The Balaban J connectivity index is 1.99. The zero-order valence-corrected chi connectivity index (χ0v) is 9.77. The second kappa shape index (κ2) is 4.18. The summed E-state index contributed by atoms with van der Waals surface area (Å²) in [4.78, 5) is 12.3. The van der Waals surface area contributed by atoms with Crippen molar-refractivity contribution in [1.82, 2.24) is 19.5 Å². The van der Waals surface area contributed by atoms with E-state index >= 15 is 0 Å². The molecule has 0 radical (unpaired) electrons. The molecule has 18 heavy (non-hydrogen) atoms. The topological polar surface area (TPSA) is 110 Å². The third kappa shape index (κ3) is 1.48. The maximum atomic E-state index is 9.38. The fraction of sp³-hybridized carbons (Fsp3) is 0.545. The van der Waals surface area contributed by atoms with Crippen molar-refractivity contribution in [2.45, 2.75) is 12.5 Å². The molecule has 4 N–H and O–H groups in total. The molecule has 0 bridgehead atoms. The van der Waals surface area contributed by atoms with E-state index in [0.717, 1.165) is 6.42 Å². The number of hydrogen-bond acceptors (Lipinski definition) is 6. The van der Waals surface area contributed by atoms with Crippen LogP contribution in [-0.2, 0) is 0 Å². The highest BCUT2D eigenvalue weighted by Crippen LogP contribution is 2.44. The summed E-state index contributed by atoms with van der Waals surface area (Å²) in [6.07, 6.45) is 3.90. The monoisotopic (exact) mass is 249 g/mol. The van der Waals surface area contributed by atoms with Crippen molar-refractivity contribution in [2.75, 3.05) is 18.9 Å². The number of fused-ring (bicyclic) bond motifs is 1. The molecule has 2 heterocycles. The molecule has 0 amide bonds. The maximum Gasteiger partial charge on any atom is 0.165 e. The number of nitrogens with zero attached hydrogens (tertiary/aromatic N) is 4. The van der Waals surface area contributed by atoms with Crippen molar-refractivity contribution < 1.29 is 10.2 Å². The van der Waals surface area contributed by atoms with Gasteiger partial charge in [0.1, 0.15) is 11.8 Å². The Hall–Kier alpha value is -1.73. The lowest BCUT2D eigenvalue weighted by Gasteiger charge is -2.43. The molecule has 7 heteroatoms. The molecule has 7 nitrogen and oxygen atoms in total. The van der Waals surface area contributed by atoms with E-state index in [1.165, 1.54) is 6.33 Å². The van der Waals surface area contributed by atoms with Crippen LogP contribution in [0, 0.1) is 11.8 Å². The van der Waals surface area contributed by atoms with Gasteiger partial charge in [0.2, 0.25) is 0 Å². The zero-order valence-electron chi connectivity index (χ0n) is 9.77. The molecule has 2 aromatic heterocycles. The molecule has 0 unspecified atom stereocenters. The van der Waals surface area contributed by atoms with Gasteiger partial charge in [0.05, 0.1) is 6.33 Å². The van der Waals surface area contributed by atoms with Crippen LogP contribution in [0.15, 0.2) is 12.7 Å². The van der Waals surface area contributed by atoms with Crippen LogP contribution in [0.5, 0.6) is 0 Å². The van der Waals surface area contributed by atoms with E-state index in [2.05, 4.69) is 15.0 Å². The molecule has 2 aromatic rings. The Kier molecular flexibility index (Phi) is 2.64. The quantitative estimate of drug-likeness (QED) is 0.681.